The van der Waals surface area contributed by atoms with Gasteiger partial charge in [-0.05, 0) is 12.5 Å². The van der Waals surface area contributed by atoms with Gasteiger partial charge < -0.3 is 30.5 Å². The molecular weight excluding hydrogens is 462 g/mol. The van der Waals surface area contributed by atoms with Gasteiger partial charge in [-0.25, -0.2) is 15.0 Å². The first-order valence-corrected chi connectivity index (χ1v) is 12.0. The van der Waals surface area contributed by atoms with Crippen LogP contribution < -0.4 is 20.7 Å². The van der Waals surface area contributed by atoms with Crippen LogP contribution in [-0.4, -0.2) is 68.9 Å². The molecule has 36 heavy (non-hydrogen) atoms. The Bertz CT molecular complexity index is 1190. The number of carbonyl (C=O) groups is 1. The lowest BCUT2D eigenvalue weighted by molar-refractivity contribution is -0.131. The van der Waals surface area contributed by atoms with E-state index in [0.29, 0.717) is 61.2 Å². The van der Waals surface area contributed by atoms with Crippen molar-refractivity contribution in [3.05, 3.63) is 54.4 Å². The highest BCUT2D eigenvalue weighted by Gasteiger charge is 2.34. The van der Waals surface area contributed by atoms with E-state index < -0.39 is 12.0 Å². The number of ether oxygens (including phenoxy) is 2. The standard InChI is InChI=1S/C25H29N7O4/c1-15-14-35-8-7-32(15)25-30-20(17-12-27-24(26)28-13-17)11-21(31-25)36-19-9-18(10-19)29-23(34)22(33)16-5-3-2-4-6-16/h2-6,11-13,15,18-19,22,33H,7-10,14H2,1H3,(H,29,34)(H2,26,27,28)/t15-,18?,19?,22-/m0/s1. The van der Waals surface area contributed by atoms with Crippen molar-refractivity contribution in [3.8, 4) is 17.1 Å². The largest absolute Gasteiger partial charge is 0.474 e. The van der Waals surface area contributed by atoms with Crippen LogP contribution in [0.1, 0.15) is 31.4 Å². The van der Waals surface area contributed by atoms with Gasteiger partial charge in [-0.3, -0.25) is 4.79 Å². The highest BCUT2D eigenvalue weighted by molar-refractivity contribution is 5.82. The van der Waals surface area contributed by atoms with E-state index in [0.717, 1.165) is 0 Å². The second-order valence-electron chi connectivity index (χ2n) is 9.07. The Hall–Kier alpha value is -3.83. The second kappa shape index (κ2) is 10.4. The predicted molar refractivity (Wildman–Crippen MR) is 132 cm³/mol. The molecule has 188 valence electrons. The van der Waals surface area contributed by atoms with Gasteiger partial charge in [0.1, 0.15) is 6.10 Å². The molecule has 2 aromatic heterocycles. The number of aliphatic hydroxyl groups excluding tert-OH is 1. The van der Waals surface area contributed by atoms with Crippen LogP contribution in [0.5, 0.6) is 5.88 Å². The van der Waals surface area contributed by atoms with Crippen molar-refractivity contribution in [2.75, 3.05) is 30.4 Å². The number of nitrogens with two attached hydrogens (primary N) is 1. The lowest BCUT2D eigenvalue weighted by Crippen LogP contribution is -2.50. The first-order valence-electron chi connectivity index (χ1n) is 12.0. The summed E-state index contributed by atoms with van der Waals surface area (Å²) < 4.78 is 11.7. The molecule has 2 aliphatic rings. The van der Waals surface area contributed by atoms with Crippen LogP contribution in [0.15, 0.2) is 48.8 Å². The van der Waals surface area contributed by atoms with Gasteiger partial charge >= 0.3 is 0 Å². The number of anilines is 2. The molecule has 2 atom stereocenters. The number of benzene rings is 1. The van der Waals surface area contributed by atoms with E-state index in [1.807, 2.05) is 6.07 Å². The normalized spacial score (nSPS) is 22.4. The molecule has 0 bridgehead atoms. The Kier molecular flexibility index (Phi) is 6.92. The smallest absolute Gasteiger partial charge is 0.253 e. The van der Waals surface area contributed by atoms with E-state index >= 15 is 0 Å². The quantitative estimate of drug-likeness (QED) is 0.444. The zero-order chi connectivity index (χ0) is 25.1. The summed E-state index contributed by atoms with van der Waals surface area (Å²) in [4.78, 5) is 32.1. The average molecular weight is 492 g/mol. The van der Waals surface area contributed by atoms with Crippen LogP contribution in [-0.2, 0) is 9.53 Å². The molecule has 3 heterocycles. The van der Waals surface area contributed by atoms with Crippen molar-refractivity contribution in [2.45, 2.75) is 44.1 Å². The fourth-order valence-corrected chi connectivity index (χ4v) is 4.26. The number of morpholine rings is 1. The number of hydrogen-bond acceptors (Lipinski definition) is 10. The minimum atomic E-state index is -1.20. The molecule has 1 aliphatic heterocycles. The maximum Gasteiger partial charge on any atom is 0.253 e. The third-order valence-electron chi connectivity index (χ3n) is 6.38. The topological polar surface area (TPSA) is 149 Å². The number of aromatic nitrogens is 4. The summed E-state index contributed by atoms with van der Waals surface area (Å²) >= 11 is 0. The molecule has 1 saturated heterocycles. The molecule has 11 nitrogen and oxygen atoms in total. The molecule has 1 saturated carbocycles. The zero-order valence-electron chi connectivity index (χ0n) is 19.9. The van der Waals surface area contributed by atoms with Crippen molar-refractivity contribution in [2.24, 2.45) is 0 Å². The molecule has 0 spiro atoms. The van der Waals surface area contributed by atoms with Crippen molar-refractivity contribution < 1.29 is 19.4 Å². The molecule has 2 fully saturated rings. The SMILES string of the molecule is C[C@H]1COCCN1c1nc(OC2CC(NC(=O)[C@@H](O)c3ccccc3)C2)cc(-c2cnc(N)nc2)n1. The number of carbonyl (C=O) groups excluding carboxylic acids is 1. The summed E-state index contributed by atoms with van der Waals surface area (Å²) in [5.41, 5.74) is 7.53. The van der Waals surface area contributed by atoms with E-state index in [1.165, 1.54) is 0 Å². The number of nitrogen functional groups attached to an aromatic ring is 1. The number of aliphatic hydroxyl groups is 1. The molecule has 3 aromatic rings. The van der Waals surface area contributed by atoms with Crippen molar-refractivity contribution in [1.29, 1.82) is 0 Å². The Labute approximate surface area is 208 Å². The fraction of sp³-hybridized carbons (Fsp3) is 0.400. The van der Waals surface area contributed by atoms with Crippen molar-refractivity contribution in [3.63, 3.8) is 0 Å². The number of rotatable bonds is 7. The van der Waals surface area contributed by atoms with Gasteiger partial charge in [0.15, 0.2) is 6.10 Å². The Balaban J connectivity index is 1.26. The first kappa shape index (κ1) is 23.9. The molecular formula is C25H29N7O4. The van der Waals surface area contributed by atoms with E-state index in [9.17, 15) is 9.90 Å². The molecule has 4 N–H and O–H groups in total. The highest BCUT2D eigenvalue weighted by Crippen LogP contribution is 2.30. The third kappa shape index (κ3) is 5.37. The number of amides is 1. The summed E-state index contributed by atoms with van der Waals surface area (Å²) in [7, 11) is 0. The van der Waals surface area contributed by atoms with Gasteiger partial charge in [-0.1, -0.05) is 30.3 Å². The molecule has 1 aliphatic carbocycles. The minimum absolute atomic E-state index is 0.0774. The maximum atomic E-state index is 12.4. The lowest BCUT2D eigenvalue weighted by atomic mass is 9.89. The Morgan fingerprint density at radius 2 is 1.97 bits per heavy atom. The number of nitrogens with zero attached hydrogens (tertiary/aromatic N) is 5. The summed E-state index contributed by atoms with van der Waals surface area (Å²) in [5, 5.41) is 13.2. The van der Waals surface area contributed by atoms with E-state index in [4.69, 9.17) is 20.2 Å². The molecule has 11 heteroatoms. The van der Waals surface area contributed by atoms with E-state index in [-0.39, 0.29) is 24.1 Å². The highest BCUT2D eigenvalue weighted by atomic mass is 16.5. The molecule has 1 aromatic carbocycles. The maximum absolute atomic E-state index is 12.4. The van der Waals surface area contributed by atoms with Gasteiger partial charge in [0.2, 0.25) is 17.8 Å². The van der Waals surface area contributed by atoms with Crippen LogP contribution in [0.2, 0.25) is 0 Å². The molecule has 5 rings (SSSR count). The van der Waals surface area contributed by atoms with Crippen molar-refractivity contribution in [1.82, 2.24) is 25.3 Å². The summed E-state index contributed by atoms with van der Waals surface area (Å²) in [6, 6.07) is 10.7. The molecule has 0 unspecified atom stereocenters. The van der Waals surface area contributed by atoms with Crippen LogP contribution in [0.3, 0.4) is 0 Å². The average Bonchev–Trinajstić information content (AvgIpc) is 2.88. The summed E-state index contributed by atoms with van der Waals surface area (Å²) in [6.07, 6.45) is 3.14. The van der Waals surface area contributed by atoms with Crippen LogP contribution in [0, 0.1) is 0 Å². The summed E-state index contributed by atoms with van der Waals surface area (Å²) in [6.45, 7) is 3.92. The third-order valence-corrected chi connectivity index (χ3v) is 6.38. The number of hydrogen-bond donors (Lipinski definition) is 3. The monoisotopic (exact) mass is 491 g/mol. The Morgan fingerprint density at radius 1 is 1.22 bits per heavy atom. The number of nitrogens with one attached hydrogen (secondary N) is 1. The van der Waals surface area contributed by atoms with Crippen molar-refractivity contribution >= 4 is 17.8 Å². The van der Waals surface area contributed by atoms with Gasteiger partial charge in [0.25, 0.3) is 5.91 Å². The van der Waals surface area contributed by atoms with Gasteiger partial charge in [0.05, 0.1) is 24.9 Å². The predicted octanol–water partition coefficient (Wildman–Crippen LogP) is 1.50. The second-order valence-corrected chi connectivity index (χ2v) is 9.07. The van der Waals surface area contributed by atoms with Crippen LogP contribution >= 0.6 is 0 Å². The van der Waals surface area contributed by atoms with Gasteiger partial charge in [-0.15, -0.1) is 0 Å². The van der Waals surface area contributed by atoms with E-state index in [2.05, 4.69) is 32.1 Å². The molecule has 1 amide bonds. The first-order chi connectivity index (χ1) is 17.5. The van der Waals surface area contributed by atoms with Crippen LogP contribution in [0.4, 0.5) is 11.9 Å². The zero-order valence-corrected chi connectivity index (χ0v) is 19.9. The lowest BCUT2D eigenvalue weighted by Gasteiger charge is -2.36. The summed E-state index contributed by atoms with van der Waals surface area (Å²) in [5.74, 6) is 0.752. The van der Waals surface area contributed by atoms with Crippen LogP contribution in [0.25, 0.3) is 11.3 Å². The minimum Gasteiger partial charge on any atom is -0.474 e. The Morgan fingerprint density at radius 3 is 2.69 bits per heavy atom. The molecule has 0 radical (unpaired) electrons. The van der Waals surface area contributed by atoms with Gasteiger partial charge in [-0.2, -0.15) is 4.98 Å². The van der Waals surface area contributed by atoms with E-state index in [1.54, 1.807) is 42.7 Å². The van der Waals surface area contributed by atoms with Gasteiger partial charge in [0, 0.05) is 49.5 Å². The fourth-order valence-electron chi connectivity index (χ4n) is 4.26.